The summed E-state index contributed by atoms with van der Waals surface area (Å²) in [6, 6.07) is 4.57. The number of aromatic nitrogens is 2. The van der Waals surface area contributed by atoms with Gasteiger partial charge < -0.3 is 9.84 Å². The molecule has 0 unspecified atom stereocenters. The maximum atomic E-state index is 13.0. The van der Waals surface area contributed by atoms with Crippen molar-refractivity contribution in [3.8, 4) is 11.4 Å². The quantitative estimate of drug-likeness (QED) is 0.941. The second-order valence-electron chi connectivity index (χ2n) is 3.17. The Morgan fingerprint density at radius 2 is 2.31 bits per heavy atom. The van der Waals surface area contributed by atoms with Gasteiger partial charge in [0.25, 0.3) is 0 Å². The molecule has 16 heavy (non-hydrogen) atoms. The van der Waals surface area contributed by atoms with E-state index in [1.807, 2.05) is 0 Å². The first-order valence-corrected chi connectivity index (χ1v) is 5.42. The summed E-state index contributed by atoms with van der Waals surface area (Å²) in [5.41, 5.74) is 0.708. The van der Waals surface area contributed by atoms with Crippen LogP contribution in [-0.4, -0.2) is 17.2 Å². The Kier molecular flexibility index (Phi) is 3.31. The van der Waals surface area contributed by atoms with E-state index in [4.69, 9.17) is 4.52 Å². The van der Waals surface area contributed by atoms with Crippen molar-refractivity contribution < 1.29 is 8.91 Å². The van der Waals surface area contributed by atoms with Crippen molar-refractivity contribution >= 4 is 15.9 Å². The number of halogens is 2. The fourth-order valence-corrected chi connectivity index (χ4v) is 1.61. The number of hydrogen-bond donors (Lipinski definition) is 1. The van der Waals surface area contributed by atoms with Gasteiger partial charge in [0.15, 0.2) is 0 Å². The molecule has 84 valence electrons. The van der Waals surface area contributed by atoms with E-state index in [0.29, 0.717) is 28.3 Å². The van der Waals surface area contributed by atoms with Gasteiger partial charge in [0.05, 0.1) is 11.0 Å². The van der Waals surface area contributed by atoms with Crippen molar-refractivity contribution in [2.75, 3.05) is 7.05 Å². The van der Waals surface area contributed by atoms with Crippen LogP contribution in [0.1, 0.15) is 5.89 Å². The molecule has 4 nitrogen and oxygen atoms in total. The van der Waals surface area contributed by atoms with Gasteiger partial charge in [0, 0.05) is 5.56 Å². The summed E-state index contributed by atoms with van der Waals surface area (Å²) in [7, 11) is 1.79. The molecule has 0 aliphatic rings. The molecule has 1 N–H and O–H groups in total. The Hall–Kier alpha value is -1.27. The van der Waals surface area contributed by atoms with Crippen molar-refractivity contribution in [3.05, 3.63) is 34.4 Å². The zero-order valence-corrected chi connectivity index (χ0v) is 10.1. The molecule has 0 radical (unpaired) electrons. The molecule has 0 aliphatic carbocycles. The highest BCUT2D eigenvalue weighted by Gasteiger charge is 2.09. The number of benzene rings is 1. The molecular formula is C10H9BrFN3O. The molecule has 0 saturated carbocycles. The van der Waals surface area contributed by atoms with E-state index in [1.165, 1.54) is 6.07 Å². The molecule has 0 saturated heterocycles. The number of nitrogens with one attached hydrogen (secondary N) is 1. The fourth-order valence-electron chi connectivity index (χ4n) is 1.23. The Labute approximate surface area is 100.0 Å². The van der Waals surface area contributed by atoms with E-state index in [9.17, 15) is 4.39 Å². The highest BCUT2D eigenvalue weighted by atomic mass is 79.9. The molecule has 0 atom stereocenters. The van der Waals surface area contributed by atoms with Gasteiger partial charge in [-0.1, -0.05) is 5.16 Å². The summed E-state index contributed by atoms with van der Waals surface area (Å²) in [6.45, 7) is 0.509. The molecule has 2 rings (SSSR count). The predicted octanol–water partition coefficient (Wildman–Crippen LogP) is 2.36. The molecule has 0 aliphatic heterocycles. The van der Waals surface area contributed by atoms with Crippen LogP contribution in [0, 0.1) is 5.82 Å². The minimum absolute atomic E-state index is 0.317. The Morgan fingerprint density at radius 1 is 1.50 bits per heavy atom. The maximum absolute atomic E-state index is 13.0. The second-order valence-corrected chi connectivity index (χ2v) is 4.03. The number of rotatable bonds is 3. The lowest BCUT2D eigenvalue weighted by Gasteiger charge is -1.96. The first-order chi connectivity index (χ1) is 7.70. The van der Waals surface area contributed by atoms with E-state index in [2.05, 4.69) is 31.4 Å². The molecule has 0 amide bonds. The van der Waals surface area contributed by atoms with Crippen LogP contribution < -0.4 is 5.32 Å². The maximum Gasteiger partial charge on any atom is 0.240 e. The summed E-state index contributed by atoms with van der Waals surface area (Å²) in [4.78, 5) is 4.16. The van der Waals surface area contributed by atoms with E-state index in [0.717, 1.165) is 0 Å². The molecule has 0 bridgehead atoms. The third-order valence-corrected chi connectivity index (χ3v) is 2.58. The van der Waals surface area contributed by atoms with Gasteiger partial charge in [-0.2, -0.15) is 4.98 Å². The van der Waals surface area contributed by atoms with Crippen LogP contribution in [0.3, 0.4) is 0 Å². The van der Waals surface area contributed by atoms with E-state index >= 15 is 0 Å². The van der Waals surface area contributed by atoms with Gasteiger partial charge in [-0.3, -0.25) is 0 Å². The molecule has 2 aromatic rings. The SMILES string of the molecule is CNCc1nc(-c2ccc(F)c(Br)c2)no1. The highest BCUT2D eigenvalue weighted by Crippen LogP contribution is 2.23. The minimum Gasteiger partial charge on any atom is -0.338 e. The minimum atomic E-state index is -0.317. The first kappa shape index (κ1) is 11.2. The topological polar surface area (TPSA) is 51.0 Å². The smallest absolute Gasteiger partial charge is 0.240 e. The van der Waals surface area contributed by atoms with E-state index in [1.54, 1.807) is 19.2 Å². The normalized spacial score (nSPS) is 10.7. The van der Waals surface area contributed by atoms with Crippen LogP contribution in [0.5, 0.6) is 0 Å². The van der Waals surface area contributed by atoms with Crippen molar-refractivity contribution in [1.29, 1.82) is 0 Å². The standard InChI is InChI=1S/C10H9BrFN3O/c1-13-5-9-14-10(15-16-9)6-2-3-8(12)7(11)4-6/h2-4,13H,5H2,1H3. The van der Waals surface area contributed by atoms with Crippen LogP contribution in [0.15, 0.2) is 27.2 Å². The van der Waals surface area contributed by atoms with Crippen LogP contribution in [-0.2, 0) is 6.54 Å². The Morgan fingerprint density at radius 3 is 3.00 bits per heavy atom. The highest BCUT2D eigenvalue weighted by molar-refractivity contribution is 9.10. The Balaban J connectivity index is 2.31. The molecular weight excluding hydrogens is 277 g/mol. The number of hydrogen-bond acceptors (Lipinski definition) is 4. The van der Waals surface area contributed by atoms with Gasteiger partial charge in [0.1, 0.15) is 5.82 Å². The average Bonchev–Trinajstić information content (AvgIpc) is 2.71. The predicted molar refractivity (Wildman–Crippen MR) is 60.2 cm³/mol. The van der Waals surface area contributed by atoms with Gasteiger partial charge in [-0.25, -0.2) is 4.39 Å². The molecule has 1 aromatic carbocycles. The van der Waals surface area contributed by atoms with Gasteiger partial charge in [-0.05, 0) is 41.2 Å². The van der Waals surface area contributed by atoms with Crippen molar-refractivity contribution in [2.45, 2.75) is 6.54 Å². The summed E-state index contributed by atoms with van der Waals surface area (Å²) in [5.74, 6) is 0.631. The summed E-state index contributed by atoms with van der Waals surface area (Å²) in [5, 5.41) is 6.71. The fraction of sp³-hybridized carbons (Fsp3) is 0.200. The zero-order chi connectivity index (χ0) is 11.5. The molecule has 1 heterocycles. The van der Waals surface area contributed by atoms with Crippen molar-refractivity contribution in [3.63, 3.8) is 0 Å². The van der Waals surface area contributed by atoms with Crippen molar-refractivity contribution in [1.82, 2.24) is 15.5 Å². The van der Waals surface area contributed by atoms with Crippen LogP contribution in [0.2, 0.25) is 0 Å². The van der Waals surface area contributed by atoms with Gasteiger partial charge >= 0.3 is 0 Å². The van der Waals surface area contributed by atoms with Gasteiger partial charge in [-0.15, -0.1) is 0 Å². The molecule has 1 aromatic heterocycles. The molecule has 6 heteroatoms. The first-order valence-electron chi connectivity index (χ1n) is 4.63. The van der Waals surface area contributed by atoms with E-state index in [-0.39, 0.29) is 5.82 Å². The second kappa shape index (κ2) is 4.71. The average molecular weight is 286 g/mol. The third-order valence-electron chi connectivity index (χ3n) is 1.97. The van der Waals surface area contributed by atoms with Crippen molar-refractivity contribution in [2.24, 2.45) is 0 Å². The lowest BCUT2D eigenvalue weighted by atomic mass is 10.2. The summed E-state index contributed by atoms with van der Waals surface area (Å²) in [6.07, 6.45) is 0. The lowest BCUT2D eigenvalue weighted by molar-refractivity contribution is 0.372. The largest absolute Gasteiger partial charge is 0.338 e. The summed E-state index contributed by atoms with van der Waals surface area (Å²) >= 11 is 3.11. The molecule has 0 spiro atoms. The zero-order valence-electron chi connectivity index (χ0n) is 8.50. The summed E-state index contributed by atoms with van der Waals surface area (Å²) < 4.78 is 18.4. The Bertz CT molecular complexity index is 501. The lowest BCUT2D eigenvalue weighted by Crippen LogP contribution is -2.04. The van der Waals surface area contributed by atoms with Gasteiger partial charge in [0.2, 0.25) is 11.7 Å². The van der Waals surface area contributed by atoms with Crippen LogP contribution in [0.4, 0.5) is 4.39 Å². The third kappa shape index (κ3) is 2.28. The van der Waals surface area contributed by atoms with Crippen LogP contribution >= 0.6 is 15.9 Å². The number of nitrogens with zero attached hydrogens (tertiary/aromatic N) is 2. The van der Waals surface area contributed by atoms with E-state index < -0.39 is 0 Å². The molecule has 0 fully saturated rings. The monoisotopic (exact) mass is 285 g/mol. The van der Waals surface area contributed by atoms with Crippen LogP contribution in [0.25, 0.3) is 11.4 Å².